The number of likely N-dealkylation sites (tertiary alicyclic amines) is 1. The Morgan fingerprint density at radius 1 is 1.13 bits per heavy atom. The number of benzene rings is 2. The summed E-state index contributed by atoms with van der Waals surface area (Å²) in [5.74, 6) is 1.29. The van der Waals surface area contributed by atoms with E-state index in [1.165, 1.54) is 0 Å². The van der Waals surface area contributed by atoms with Gasteiger partial charge in [-0.1, -0.05) is 48.0 Å². The number of fused-ring (bicyclic) bond motifs is 3. The normalized spacial score (nSPS) is 17.7. The summed E-state index contributed by atoms with van der Waals surface area (Å²) < 4.78 is 2.03. The third-order valence-corrected chi connectivity index (χ3v) is 6.17. The Bertz CT molecular complexity index is 1210. The predicted molar refractivity (Wildman–Crippen MR) is 118 cm³/mol. The highest BCUT2D eigenvalue weighted by Gasteiger charge is 2.31. The van der Waals surface area contributed by atoms with Gasteiger partial charge in [0, 0.05) is 35.9 Å². The maximum atomic E-state index is 13.0. The fourth-order valence-corrected chi connectivity index (χ4v) is 4.50. The lowest BCUT2D eigenvalue weighted by atomic mass is 9.92. The molecule has 6 nitrogen and oxygen atoms in total. The molecule has 5 rings (SSSR count). The van der Waals surface area contributed by atoms with Gasteiger partial charge in [0.15, 0.2) is 5.78 Å². The van der Waals surface area contributed by atoms with Crippen molar-refractivity contribution in [1.29, 1.82) is 0 Å². The summed E-state index contributed by atoms with van der Waals surface area (Å²) >= 11 is 6.12. The minimum atomic E-state index is -0.275. The van der Waals surface area contributed by atoms with Crippen LogP contribution in [0.5, 0.6) is 0 Å². The van der Waals surface area contributed by atoms with Gasteiger partial charge >= 0.3 is 0 Å². The molecule has 2 aromatic carbocycles. The lowest BCUT2D eigenvalue weighted by molar-refractivity contribution is -0.131. The Kier molecular flexibility index (Phi) is 4.94. The summed E-state index contributed by atoms with van der Waals surface area (Å²) in [5.41, 5.74) is 4.06. The zero-order chi connectivity index (χ0) is 21.5. The third kappa shape index (κ3) is 3.57. The molecule has 31 heavy (non-hydrogen) atoms. The van der Waals surface area contributed by atoms with Gasteiger partial charge < -0.3 is 4.90 Å². The molecule has 1 aromatic heterocycles. The van der Waals surface area contributed by atoms with E-state index < -0.39 is 0 Å². The first-order valence-electron chi connectivity index (χ1n) is 10.3. The van der Waals surface area contributed by atoms with Crippen LogP contribution in [0.3, 0.4) is 0 Å². The Hall–Kier alpha value is -3.25. The van der Waals surface area contributed by atoms with Gasteiger partial charge in [-0.2, -0.15) is 0 Å². The number of rotatable bonds is 3. The second-order valence-electron chi connectivity index (χ2n) is 7.96. The van der Waals surface area contributed by atoms with Crippen molar-refractivity contribution in [2.45, 2.75) is 25.7 Å². The van der Waals surface area contributed by atoms with E-state index in [1.54, 1.807) is 4.90 Å². The quantitative estimate of drug-likeness (QED) is 0.628. The zero-order valence-electron chi connectivity index (χ0n) is 17.1. The smallest absolute Gasteiger partial charge is 0.224 e. The number of nitrogens with zero attached hydrogens (tertiary/aromatic N) is 4. The number of Topliss-reactive ketones (excluding diaryl/α,β-unsaturated/α-hetero) is 1. The Labute approximate surface area is 185 Å². The second kappa shape index (κ2) is 7.78. The number of aromatic nitrogens is 3. The molecule has 0 unspecified atom stereocenters. The van der Waals surface area contributed by atoms with Crippen LogP contribution in [0.2, 0.25) is 5.02 Å². The number of aryl methyl sites for hydroxylation is 1. The molecule has 156 valence electrons. The lowest BCUT2D eigenvalue weighted by Crippen LogP contribution is -2.30. The molecule has 1 saturated heterocycles. The Balaban J connectivity index is 1.64. The van der Waals surface area contributed by atoms with Crippen LogP contribution < -0.4 is 0 Å². The van der Waals surface area contributed by atoms with Crippen molar-refractivity contribution in [3.63, 3.8) is 0 Å². The van der Waals surface area contributed by atoms with Crippen LogP contribution in [0.25, 0.3) is 11.3 Å². The van der Waals surface area contributed by atoms with E-state index >= 15 is 0 Å². The maximum absolute atomic E-state index is 13.0. The van der Waals surface area contributed by atoms with Crippen LogP contribution in [0, 0.1) is 6.92 Å². The molecule has 1 fully saturated rings. The van der Waals surface area contributed by atoms with Crippen LogP contribution in [0.15, 0.2) is 54.6 Å². The van der Waals surface area contributed by atoms with Crippen molar-refractivity contribution in [3.8, 4) is 5.69 Å². The molecule has 1 atom stereocenters. The summed E-state index contributed by atoms with van der Waals surface area (Å²) in [4.78, 5) is 26.3. The molecule has 0 N–H and O–H groups in total. The first-order valence-corrected chi connectivity index (χ1v) is 10.7. The van der Waals surface area contributed by atoms with Gasteiger partial charge in [-0.25, -0.2) is 0 Å². The summed E-state index contributed by atoms with van der Waals surface area (Å²) in [6.07, 6.45) is 2.77. The number of para-hydroxylation sites is 1. The van der Waals surface area contributed by atoms with Crippen LogP contribution >= 0.6 is 11.6 Å². The van der Waals surface area contributed by atoms with Gasteiger partial charge in [-0.3, -0.25) is 14.2 Å². The van der Waals surface area contributed by atoms with E-state index in [0.29, 0.717) is 18.0 Å². The van der Waals surface area contributed by atoms with E-state index in [1.807, 2.05) is 54.0 Å². The van der Waals surface area contributed by atoms with Crippen molar-refractivity contribution in [2.75, 3.05) is 13.1 Å². The standard InChI is InChI=1S/C24H21ClN4O2/c1-15-26-27-24-17(13-23(31)28-11-10-19(30)14-28)12-21(16-6-8-18(25)9-7-16)20-4-2-3-5-22(20)29(15)24/h2-9,12,17H,10-11,13-14H2,1H3/t17-/m0/s1. The lowest BCUT2D eigenvalue weighted by Gasteiger charge is -2.18. The summed E-state index contributed by atoms with van der Waals surface area (Å²) in [7, 11) is 0. The van der Waals surface area contributed by atoms with Gasteiger partial charge in [-0.15, -0.1) is 10.2 Å². The van der Waals surface area contributed by atoms with E-state index in [4.69, 9.17) is 11.6 Å². The number of halogens is 1. The SMILES string of the molecule is Cc1nnc2n1-c1ccccc1C(c1ccc(Cl)cc1)=C[C@H]2CC(=O)N1CCC(=O)C1. The molecule has 7 heteroatoms. The zero-order valence-corrected chi connectivity index (χ0v) is 17.8. The van der Waals surface area contributed by atoms with Gasteiger partial charge in [0.05, 0.1) is 12.2 Å². The summed E-state index contributed by atoms with van der Waals surface area (Å²) in [5, 5.41) is 9.42. The fraction of sp³-hybridized carbons (Fsp3) is 0.250. The fourth-order valence-electron chi connectivity index (χ4n) is 4.37. The van der Waals surface area contributed by atoms with Crippen molar-refractivity contribution in [2.24, 2.45) is 0 Å². The molecular weight excluding hydrogens is 412 g/mol. The number of carbonyl (C=O) groups is 2. The highest BCUT2D eigenvalue weighted by Crippen LogP contribution is 2.38. The second-order valence-corrected chi connectivity index (χ2v) is 8.40. The van der Waals surface area contributed by atoms with Crippen molar-refractivity contribution >= 4 is 28.9 Å². The highest BCUT2D eigenvalue weighted by molar-refractivity contribution is 6.30. The molecule has 0 bridgehead atoms. The summed E-state index contributed by atoms with van der Waals surface area (Å²) in [6.45, 7) is 2.61. The molecule has 0 saturated carbocycles. The highest BCUT2D eigenvalue weighted by atomic mass is 35.5. The van der Waals surface area contributed by atoms with Gasteiger partial charge in [0.1, 0.15) is 11.6 Å². The Morgan fingerprint density at radius 3 is 2.65 bits per heavy atom. The minimum absolute atomic E-state index is 0.0410. The number of hydrogen-bond donors (Lipinski definition) is 0. The maximum Gasteiger partial charge on any atom is 0.224 e. The molecule has 3 aromatic rings. The first-order chi connectivity index (χ1) is 15.0. The Morgan fingerprint density at radius 2 is 1.90 bits per heavy atom. The molecule has 3 heterocycles. The van der Waals surface area contributed by atoms with E-state index in [2.05, 4.69) is 22.3 Å². The topological polar surface area (TPSA) is 68.1 Å². The number of ketones is 1. The first kappa shape index (κ1) is 19.7. The average molecular weight is 433 g/mol. The molecule has 0 spiro atoms. The number of hydrogen-bond acceptors (Lipinski definition) is 4. The molecule has 1 amide bonds. The van der Waals surface area contributed by atoms with Crippen molar-refractivity contribution in [3.05, 3.63) is 82.4 Å². The van der Waals surface area contributed by atoms with Crippen LogP contribution in [-0.4, -0.2) is 44.4 Å². The van der Waals surface area contributed by atoms with Crippen LogP contribution in [0.4, 0.5) is 0 Å². The summed E-state index contributed by atoms with van der Waals surface area (Å²) in [6, 6.07) is 15.8. The molecular formula is C24H21ClN4O2. The monoisotopic (exact) mass is 432 g/mol. The van der Waals surface area contributed by atoms with Gasteiger partial charge in [0.2, 0.25) is 5.91 Å². The number of allylic oxidation sites excluding steroid dienone is 1. The van der Waals surface area contributed by atoms with Crippen LogP contribution in [0.1, 0.15) is 41.5 Å². The molecule has 2 aliphatic rings. The predicted octanol–water partition coefficient (Wildman–Crippen LogP) is 3.95. The van der Waals surface area contributed by atoms with Crippen molar-refractivity contribution < 1.29 is 9.59 Å². The van der Waals surface area contributed by atoms with Gasteiger partial charge in [0.25, 0.3) is 0 Å². The van der Waals surface area contributed by atoms with E-state index in [9.17, 15) is 9.59 Å². The minimum Gasteiger partial charge on any atom is -0.335 e. The number of carbonyl (C=O) groups excluding carboxylic acids is 2. The largest absolute Gasteiger partial charge is 0.335 e. The molecule has 0 radical (unpaired) electrons. The van der Waals surface area contributed by atoms with Crippen LogP contribution in [-0.2, 0) is 9.59 Å². The number of amides is 1. The molecule has 2 aliphatic heterocycles. The average Bonchev–Trinajstić information content (AvgIpc) is 3.34. The molecule has 0 aliphatic carbocycles. The third-order valence-electron chi connectivity index (χ3n) is 5.91. The van der Waals surface area contributed by atoms with Crippen molar-refractivity contribution in [1.82, 2.24) is 19.7 Å². The van der Waals surface area contributed by atoms with Gasteiger partial charge in [-0.05, 0) is 36.3 Å². The van der Waals surface area contributed by atoms with E-state index in [-0.39, 0.29) is 30.6 Å². The van der Waals surface area contributed by atoms with E-state index in [0.717, 1.165) is 34.0 Å².